The van der Waals surface area contributed by atoms with Crippen molar-refractivity contribution in [3.63, 3.8) is 0 Å². The second kappa shape index (κ2) is 9.60. The zero-order valence-corrected chi connectivity index (χ0v) is 17.8. The van der Waals surface area contributed by atoms with Gasteiger partial charge in [-0.3, -0.25) is 9.78 Å². The van der Waals surface area contributed by atoms with E-state index in [-0.39, 0.29) is 29.1 Å². The van der Waals surface area contributed by atoms with Gasteiger partial charge in [-0.25, -0.2) is 23.1 Å². The molecule has 2 aromatic heterocycles. The van der Waals surface area contributed by atoms with E-state index in [2.05, 4.69) is 25.0 Å². The van der Waals surface area contributed by atoms with Crippen molar-refractivity contribution in [3.8, 4) is 11.3 Å². The molecule has 31 heavy (non-hydrogen) atoms. The monoisotopic (exact) mass is 442 g/mol. The lowest BCUT2D eigenvalue weighted by atomic mass is 10.1. The quantitative estimate of drug-likeness (QED) is 0.477. The summed E-state index contributed by atoms with van der Waals surface area (Å²) in [7, 11) is -2.20. The van der Waals surface area contributed by atoms with Gasteiger partial charge in [-0.15, -0.1) is 0 Å². The predicted octanol–water partition coefficient (Wildman–Crippen LogP) is 1.69. The minimum Gasteiger partial charge on any atom is -0.383 e. The number of carbonyl (C=O) groups is 1. The number of ether oxygens (including phenoxy) is 1. The van der Waals surface area contributed by atoms with Gasteiger partial charge in [-0.05, 0) is 31.2 Å². The molecule has 3 aromatic rings. The number of aromatic nitrogens is 3. The number of amides is 1. The molecule has 0 fully saturated rings. The maximum absolute atomic E-state index is 12.5. The summed E-state index contributed by atoms with van der Waals surface area (Å²) in [4.78, 5) is 24.9. The number of methoxy groups -OCH3 is 1. The molecule has 10 nitrogen and oxygen atoms in total. The van der Waals surface area contributed by atoms with Crippen LogP contribution in [0.3, 0.4) is 0 Å². The van der Waals surface area contributed by atoms with Gasteiger partial charge < -0.3 is 15.8 Å². The lowest BCUT2D eigenvalue weighted by molar-refractivity contribution is 0.102. The third-order valence-electron chi connectivity index (χ3n) is 4.17. The van der Waals surface area contributed by atoms with E-state index in [1.54, 1.807) is 37.4 Å². The molecular formula is C20H22N6O4S. The van der Waals surface area contributed by atoms with Gasteiger partial charge in [0.15, 0.2) is 11.5 Å². The van der Waals surface area contributed by atoms with Crippen molar-refractivity contribution in [1.82, 2.24) is 19.7 Å². The molecule has 0 saturated carbocycles. The van der Waals surface area contributed by atoms with Crippen molar-refractivity contribution < 1.29 is 17.9 Å². The number of nitrogens with zero attached hydrogens (tertiary/aromatic N) is 3. The molecule has 0 aliphatic rings. The summed E-state index contributed by atoms with van der Waals surface area (Å²) in [5.74, 6) is -0.559. The average molecular weight is 443 g/mol. The minimum absolute atomic E-state index is 0.0272. The van der Waals surface area contributed by atoms with Crippen LogP contribution in [0.2, 0.25) is 0 Å². The van der Waals surface area contributed by atoms with Crippen LogP contribution in [0, 0.1) is 0 Å². The molecule has 2 heterocycles. The van der Waals surface area contributed by atoms with Crippen molar-refractivity contribution in [2.24, 2.45) is 0 Å². The highest BCUT2D eigenvalue weighted by atomic mass is 32.2. The van der Waals surface area contributed by atoms with E-state index in [1.165, 1.54) is 31.6 Å². The standard InChI is InChI=1S/C20H22N6O4S/c1-13(12-30-2)26-31(28,29)16-7-5-14(6-8-16)17-11-23-19(21)18(25-17)20(27)24-15-4-3-9-22-10-15/h3-11,13,26H,12H2,1-2H3,(H2,21,23)(H,24,27)/t13-/m0/s1. The Morgan fingerprint density at radius 2 is 1.94 bits per heavy atom. The smallest absolute Gasteiger partial charge is 0.278 e. The van der Waals surface area contributed by atoms with Crippen LogP contribution in [-0.4, -0.2) is 49.0 Å². The van der Waals surface area contributed by atoms with Crippen molar-refractivity contribution in [3.05, 3.63) is 60.7 Å². The van der Waals surface area contributed by atoms with Crippen LogP contribution in [-0.2, 0) is 14.8 Å². The molecule has 0 spiro atoms. The first kappa shape index (κ1) is 22.3. The van der Waals surface area contributed by atoms with Gasteiger partial charge in [-0.1, -0.05) is 12.1 Å². The summed E-state index contributed by atoms with van der Waals surface area (Å²) in [5.41, 5.74) is 7.21. The summed E-state index contributed by atoms with van der Waals surface area (Å²) in [5, 5.41) is 2.65. The number of benzene rings is 1. The first-order valence-electron chi connectivity index (χ1n) is 9.26. The van der Waals surface area contributed by atoms with E-state index in [0.717, 1.165) is 0 Å². The Morgan fingerprint density at radius 3 is 2.58 bits per heavy atom. The zero-order chi connectivity index (χ0) is 22.4. The van der Waals surface area contributed by atoms with Crippen LogP contribution >= 0.6 is 0 Å². The van der Waals surface area contributed by atoms with E-state index < -0.39 is 15.9 Å². The maximum Gasteiger partial charge on any atom is 0.278 e. The molecule has 0 aliphatic carbocycles. The van der Waals surface area contributed by atoms with Crippen LogP contribution in [0.5, 0.6) is 0 Å². The van der Waals surface area contributed by atoms with Crippen LogP contribution in [0.25, 0.3) is 11.3 Å². The highest BCUT2D eigenvalue weighted by Gasteiger charge is 2.18. The Bertz CT molecular complexity index is 1150. The number of rotatable bonds is 8. The predicted molar refractivity (Wildman–Crippen MR) is 116 cm³/mol. The number of carbonyl (C=O) groups excluding carboxylic acids is 1. The van der Waals surface area contributed by atoms with Crippen molar-refractivity contribution in [1.29, 1.82) is 0 Å². The molecule has 0 bridgehead atoms. The topological polar surface area (TPSA) is 149 Å². The highest BCUT2D eigenvalue weighted by Crippen LogP contribution is 2.21. The van der Waals surface area contributed by atoms with Gasteiger partial charge in [0.1, 0.15) is 0 Å². The summed E-state index contributed by atoms with van der Waals surface area (Å²) >= 11 is 0. The second-order valence-electron chi connectivity index (χ2n) is 6.69. The fourth-order valence-corrected chi connectivity index (χ4v) is 3.98. The molecule has 1 amide bonds. The number of anilines is 2. The van der Waals surface area contributed by atoms with Gasteiger partial charge in [0.2, 0.25) is 10.0 Å². The minimum atomic E-state index is -3.70. The van der Waals surface area contributed by atoms with E-state index in [4.69, 9.17) is 10.5 Å². The lowest BCUT2D eigenvalue weighted by Gasteiger charge is -2.13. The molecule has 1 aromatic carbocycles. The first-order chi connectivity index (χ1) is 14.8. The molecule has 1 atom stereocenters. The summed E-state index contributed by atoms with van der Waals surface area (Å²) in [6, 6.07) is 9.05. The van der Waals surface area contributed by atoms with E-state index >= 15 is 0 Å². The van der Waals surface area contributed by atoms with Crippen LogP contribution in [0.1, 0.15) is 17.4 Å². The van der Waals surface area contributed by atoms with Gasteiger partial charge in [0.25, 0.3) is 5.91 Å². The van der Waals surface area contributed by atoms with E-state index in [0.29, 0.717) is 16.9 Å². The SMILES string of the molecule is COC[C@H](C)NS(=O)(=O)c1ccc(-c2cnc(N)c(C(=O)Nc3cccnc3)n2)cc1. The first-order valence-corrected chi connectivity index (χ1v) is 10.7. The molecule has 162 valence electrons. The Labute approximate surface area is 180 Å². The van der Waals surface area contributed by atoms with Gasteiger partial charge in [-0.2, -0.15) is 0 Å². The molecule has 3 rings (SSSR count). The van der Waals surface area contributed by atoms with E-state index in [1.807, 2.05) is 0 Å². The lowest BCUT2D eigenvalue weighted by Crippen LogP contribution is -2.35. The Hall–Kier alpha value is -3.41. The number of nitrogens with two attached hydrogens (primary N) is 1. The number of pyridine rings is 1. The summed E-state index contributed by atoms with van der Waals surface area (Å²) < 4.78 is 32.4. The highest BCUT2D eigenvalue weighted by molar-refractivity contribution is 7.89. The number of sulfonamides is 1. The number of nitrogen functional groups attached to an aromatic ring is 1. The third kappa shape index (κ3) is 5.60. The second-order valence-corrected chi connectivity index (χ2v) is 8.40. The molecule has 0 unspecified atom stereocenters. The Kier molecular flexibility index (Phi) is 6.90. The van der Waals surface area contributed by atoms with Gasteiger partial charge in [0.05, 0.1) is 35.3 Å². The molecule has 0 aliphatic heterocycles. The van der Waals surface area contributed by atoms with Crippen LogP contribution in [0.4, 0.5) is 11.5 Å². The van der Waals surface area contributed by atoms with Crippen LogP contribution in [0.15, 0.2) is 59.9 Å². The molecule has 0 radical (unpaired) electrons. The average Bonchev–Trinajstić information content (AvgIpc) is 2.74. The van der Waals surface area contributed by atoms with Crippen molar-refractivity contribution in [2.45, 2.75) is 17.9 Å². The molecule has 4 N–H and O–H groups in total. The zero-order valence-electron chi connectivity index (χ0n) is 16.9. The van der Waals surface area contributed by atoms with E-state index in [9.17, 15) is 13.2 Å². The van der Waals surface area contributed by atoms with Crippen molar-refractivity contribution >= 4 is 27.4 Å². The third-order valence-corrected chi connectivity index (χ3v) is 5.77. The fourth-order valence-electron chi connectivity index (χ4n) is 2.75. The Balaban J connectivity index is 1.82. The van der Waals surface area contributed by atoms with Gasteiger partial charge in [0, 0.05) is 24.9 Å². The maximum atomic E-state index is 12.5. The largest absolute Gasteiger partial charge is 0.383 e. The van der Waals surface area contributed by atoms with Crippen molar-refractivity contribution in [2.75, 3.05) is 24.8 Å². The van der Waals surface area contributed by atoms with Gasteiger partial charge >= 0.3 is 0 Å². The summed E-state index contributed by atoms with van der Waals surface area (Å²) in [6.07, 6.45) is 4.49. The Morgan fingerprint density at radius 1 is 1.19 bits per heavy atom. The number of nitrogens with one attached hydrogen (secondary N) is 2. The van der Waals surface area contributed by atoms with Crippen LogP contribution < -0.4 is 15.8 Å². The number of hydrogen-bond donors (Lipinski definition) is 3. The summed E-state index contributed by atoms with van der Waals surface area (Å²) in [6.45, 7) is 1.96. The fraction of sp³-hybridized carbons (Fsp3) is 0.200. The molecule has 11 heteroatoms. The normalized spacial score (nSPS) is 12.3. The molecule has 0 saturated heterocycles. The number of hydrogen-bond acceptors (Lipinski definition) is 8. The molecular weight excluding hydrogens is 420 g/mol.